The number of rotatable bonds is 4. The third-order valence-electron chi connectivity index (χ3n) is 3.21. The Kier molecular flexibility index (Phi) is 3.23. The Morgan fingerprint density at radius 2 is 2.19 bits per heavy atom. The van der Waals surface area contributed by atoms with E-state index in [1.807, 2.05) is 23.7 Å². The van der Waals surface area contributed by atoms with Gasteiger partial charge in [-0.05, 0) is 11.6 Å². The Morgan fingerprint density at radius 3 is 3.00 bits per heavy atom. The van der Waals surface area contributed by atoms with Gasteiger partial charge in [-0.15, -0.1) is 0 Å². The number of pyridine rings is 1. The van der Waals surface area contributed by atoms with Crippen molar-refractivity contribution in [3.8, 4) is 0 Å². The van der Waals surface area contributed by atoms with Crippen LogP contribution in [-0.4, -0.2) is 19.5 Å². The first kappa shape index (κ1) is 13.0. The van der Waals surface area contributed by atoms with Crippen molar-refractivity contribution in [2.75, 3.05) is 5.32 Å². The van der Waals surface area contributed by atoms with Crippen molar-refractivity contribution in [1.82, 2.24) is 14.5 Å². The predicted octanol–water partition coefficient (Wildman–Crippen LogP) is 2.49. The fourth-order valence-electron chi connectivity index (χ4n) is 2.20. The molecule has 0 aliphatic heterocycles. The van der Waals surface area contributed by atoms with Gasteiger partial charge in [0.25, 0.3) is 5.69 Å². The highest BCUT2D eigenvalue weighted by Crippen LogP contribution is 2.20. The summed E-state index contributed by atoms with van der Waals surface area (Å²) < 4.78 is 1.89. The molecule has 0 saturated heterocycles. The zero-order valence-electron chi connectivity index (χ0n) is 11.4. The number of nitro groups is 1. The van der Waals surface area contributed by atoms with Crippen LogP contribution >= 0.6 is 0 Å². The van der Waals surface area contributed by atoms with Gasteiger partial charge in [0.2, 0.25) is 0 Å². The molecule has 3 rings (SSSR count). The van der Waals surface area contributed by atoms with E-state index in [9.17, 15) is 10.1 Å². The predicted molar refractivity (Wildman–Crippen MR) is 78.9 cm³/mol. The van der Waals surface area contributed by atoms with Crippen LogP contribution in [0.15, 0.2) is 42.9 Å². The number of imidazole rings is 1. The lowest BCUT2D eigenvalue weighted by atomic mass is 10.2. The van der Waals surface area contributed by atoms with Crippen LogP contribution in [0, 0.1) is 10.1 Å². The number of nitrogens with zero attached hydrogens (tertiary/aromatic N) is 4. The van der Waals surface area contributed by atoms with Crippen molar-refractivity contribution in [2.24, 2.45) is 7.05 Å². The van der Waals surface area contributed by atoms with Gasteiger partial charge in [-0.25, -0.2) is 9.97 Å². The second kappa shape index (κ2) is 5.20. The molecule has 0 unspecified atom stereocenters. The number of nitro benzene ring substituents is 1. The molecule has 0 radical (unpaired) electrons. The Bertz CT molecular complexity index is 812. The van der Waals surface area contributed by atoms with Crippen LogP contribution in [0.3, 0.4) is 0 Å². The number of hydrogen-bond donors (Lipinski definition) is 1. The van der Waals surface area contributed by atoms with Crippen LogP contribution in [-0.2, 0) is 13.6 Å². The molecule has 0 atom stereocenters. The van der Waals surface area contributed by atoms with Gasteiger partial charge in [0.15, 0.2) is 5.82 Å². The molecule has 0 saturated carbocycles. The van der Waals surface area contributed by atoms with Crippen molar-refractivity contribution >= 4 is 22.5 Å². The van der Waals surface area contributed by atoms with Gasteiger partial charge in [-0.3, -0.25) is 10.1 Å². The van der Waals surface area contributed by atoms with Gasteiger partial charge in [-0.2, -0.15) is 0 Å². The number of hydrogen-bond acceptors (Lipinski definition) is 5. The number of aromatic nitrogens is 3. The fraction of sp³-hybridized carbons (Fsp3) is 0.143. The molecule has 0 spiro atoms. The lowest BCUT2D eigenvalue weighted by Gasteiger charge is -2.07. The zero-order valence-corrected chi connectivity index (χ0v) is 11.4. The molecule has 7 heteroatoms. The molecule has 1 N–H and O–H groups in total. The summed E-state index contributed by atoms with van der Waals surface area (Å²) in [5.41, 5.74) is 2.67. The smallest absolute Gasteiger partial charge is 0.269 e. The summed E-state index contributed by atoms with van der Waals surface area (Å²) >= 11 is 0. The van der Waals surface area contributed by atoms with Crippen LogP contribution in [0.4, 0.5) is 11.5 Å². The Morgan fingerprint density at radius 1 is 1.33 bits per heavy atom. The summed E-state index contributed by atoms with van der Waals surface area (Å²) in [5, 5.41) is 14.0. The topological polar surface area (TPSA) is 85.9 Å². The number of fused-ring (bicyclic) bond motifs is 1. The minimum absolute atomic E-state index is 0.0843. The molecule has 0 bridgehead atoms. The zero-order chi connectivity index (χ0) is 14.8. The normalized spacial score (nSPS) is 10.7. The Labute approximate surface area is 120 Å². The number of non-ortho nitro benzene ring substituents is 1. The summed E-state index contributed by atoms with van der Waals surface area (Å²) in [4.78, 5) is 18.9. The van der Waals surface area contributed by atoms with Crippen molar-refractivity contribution in [3.05, 3.63) is 58.5 Å². The summed E-state index contributed by atoms with van der Waals surface area (Å²) in [5.74, 6) is 0.707. The van der Waals surface area contributed by atoms with E-state index in [-0.39, 0.29) is 5.69 Å². The Balaban J connectivity index is 1.85. The Hall–Kier alpha value is -2.96. The van der Waals surface area contributed by atoms with Crippen LogP contribution in [0.2, 0.25) is 0 Å². The average Bonchev–Trinajstić information content (AvgIpc) is 2.88. The van der Waals surface area contributed by atoms with E-state index in [0.29, 0.717) is 12.4 Å². The van der Waals surface area contributed by atoms with E-state index >= 15 is 0 Å². The first-order valence-electron chi connectivity index (χ1n) is 6.38. The quantitative estimate of drug-likeness (QED) is 0.587. The molecule has 21 heavy (non-hydrogen) atoms. The molecule has 106 valence electrons. The maximum atomic E-state index is 10.8. The third kappa shape index (κ3) is 2.53. The van der Waals surface area contributed by atoms with Crippen LogP contribution in [0.1, 0.15) is 5.56 Å². The van der Waals surface area contributed by atoms with Crippen molar-refractivity contribution < 1.29 is 4.92 Å². The fourth-order valence-corrected chi connectivity index (χ4v) is 2.20. The molecular weight excluding hydrogens is 270 g/mol. The molecule has 2 heterocycles. The number of anilines is 1. The van der Waals surface area contributed by atoms with Crippen molar-refractivity contribution in [2.45, 2.75) is 6.54 Å². The number of benzene rings is 1. The maximum absolute atomic E-state index is 10.8. The third-order valence-corrected chi connectivity index (χ3v) is 3.21. The largest absolute Gasteiger partial charge is 0.364 e. The summed E-state index contributed by atoms with van der Waals surface area (Å²) in [6.07, 6.45) is 3.41. The molecule has 7 nitrogen and oxygen atoms in total. The first-order chi connectivity index (χ1) is 10.1. The van der Waals surface area contributed by atoms with E-state index in [2.05, 4.69) is 15.3 Å². The second-order valence-corrected chi connectivity index (χ2v) is 4.66. The number of aryl methyl sites for hydroxylation is 1. The van der Waals surface area contributed by atoms with Gasteiger partial charge in [0.1, 0.15) is 5.52 Å². The van der Waals surface area contributed by atoms with Crippen LogP contribution in [0.5, 0.6) is 0 Å². The average molecular weight is 283 g/mol. The minimum Gasteiger partial charge on any atom is -0.364 e. The molecule has 3 aromatic rings. The molecule has 0 fully saturated rings. The lowest BCUT2D eigenvalue weighted by molar-refractivity contribution is -0.384. The van der Waals surface area contributed by atoms with Gasteiger partial charge in [0, 0.05) is 31.9 Å². The highest BCUT2D eigenvalue weighted by atomic mass is 16.6. The number of nitrogens with one attached hydrogen (secondary N) is 1. The van der Waals surface area contributed by atoms with Crippen molar-refractivity contribution in [1.29, 1.82) is 0 Å². The van der Waals surface area contributed by atoms with Crippen molar-refractivity contribution in [3.63, 3.8) is 0 Å². The standard InChI is InChI=1S/C14H13N5O2/c1-18-9-17-12-5-6-15-14(13(12)18)16-8-10-3-2-4-11(7-10)19(20)21/h2-7,9H,8H2,1H3,(H,15,16). The molecule has 1 aromatic carbocycles. The van der Waals surface area contributed by atoms with E-state index < -0.39 is 4.92 Å². The molecule has 0 aliphatic carbocycles. The van der Waals surface area contributed by atoms with Crippen LogP contribution in [0.25, 0.3) is 11.0 Å². The summed E-state index contributed by atoms with van der Waals surface area (Å²) in [6, 6.07) is 8.38. The molecule has 0 amide bonds. The highest BCUT2D eigenvalue weighted by Gasteiger charge is 2.08. The summed E-state index contributed by atoms with van der Waals surface area (Å²) in [6.45, 7) is 0.457. The van der Waals surface area contributed by atoms with Gasteiger partial charge in [0.05, 0.1) is 16.8 Å². The SMILES string of the molecule is Cn1cnc2ccnc(NCc3cccc([N+](=O)[O-])c3)c21. The molecule has 0 aliphatic rings. The van der Waals surface area contributed by atoms with Crippen LogP contribution < -0.4 is 5.32 Å². The monoisotopic (exact) mass is 283 g/mol. The molecule has 2 aromatic heterocycles. The van der Waals surface area contributed by atoms with Gasteiger partial charge >= 0.3 is 0 Å². The molecular formula is C14H13N5O2. The highest BCUT2D eigenvalue weighted by molar-refractivity contribution is 5.85. The summed E-state index contributed by atoms with van der Waals surface area (Å²) in [7, 11) is 1.90. The lowest BCUT2D eigenvalue weighted by Crippen LogP contribution is -2.03. The van der Waals surface area contributed by atoms with E-state index in [1.54, 1.807) is 24.7 Å². The first-order valence-corrected chi connectivity index (χ1v) is 6.38. The van der Waals surface area contributed by atoms with Gasteiger partial charge < -0.3 is 9.88 Å². The van der Waals surface area contributed by atoms with E-state index in [1.165, 1.54) is 6.07 Å². The maximum Gasteiger partial charge on any atom is 0.269 e. The minimum atomic E-state index is -0.399. The second-order valence-electron chi connectivity index (χ2n) is 4.66. The van der Waals surface area contributed by atoms with E-state index in [4.69, 9.17) is 0 Å². The van der Waals surface area contributed by atoms with Gasteiger partial charge in [-0.1, -0.05) is 12.1 Å². The van der Waals surface area contributed by atoms with E-state index in [0.717, 1.165) is 16.6 Å².